The summed E-state index contributed by atoms with van der Waals surface area (Å²) < 4.78 is 0. The molecule has 0 aromatic rings. The van der Waals surface area contributed by atoms with Gasteiger partial charge >= 0.3 is 0 Å². The minimum atomic E-state index is 0. The molecule has 0 aromatic heterocycles. The molecule has 0 amide bonds. The Labute approximate surface area is 77.6 Å². The number of hydrogen-bond acceptors (Lipinski definition) is 2. The summed E-state index contributed by atoms with van der Waals surface area (Å²) in [4.78, 5) is 0. The Kier molecular flexibility index (Phi) is 4.62. The fourth-order valence-electron chi connectivity index (χ4n) is 1.95. The minimum absolute atomic E-state index is 0. The average Bonchev–Trinajstić information content (AvgIpc) is 2.52. The summed E-state index contributed by atoms with van der Waals surface area (Å²) in [5, 5.41) is 6.89. The molecule has 0 saturated carbocycles. The van der Waals surface area contributed by atoms with Crippen LogP contribution in [0.25, 0.3) is 0 Å². The monoisotopic (exact) mass is 172 g/mol. The van der Waals surface area contributed by atoms with Crippen LogP contribution in [-0.4, -0.2) is 25.7 Å². The van der Waals surface area contributed by atoms with Crippen molar-refractivity contribution in [3.8, 4) is 0 Å². The standard InChI is InChI=1S/C7H14N2.C3H8.H2/c1-3-8-5-7-6(1)2-4-9-7;1-3-2;/h6-9H,1-5H2;3H2,1-2H3;1H. The van der Waals surface area contributed by atoms with Gasteiger partial charge in [-0.3, -0.25) is 0 Å². The van der Waals surface area contributed by atoms with E-state index in [2.05, 4.69) is 24.5 Å². The molecule has 2 aliphatic rings. The molecule has 0 aromatic carbocycles. The predicted molar refractivity (Wildman–Crippen MR) is 55.5 cm³/mol. The Morgan fingerprint density at radius 2 is 1.92 bits per heavy atom. The zero-order valence-corrected chi connectivity index (χ0v) is 8.40. The van der Waals surface area contributed by atoms with Gasteiger partial charge in [-0.1, -0.05) is 20.3 Å². The Hall–Kier alpha value is -0.0800. The van der Waals surface area contributed by atoms with Gasteiger partial charge in [-0.05, 0) is 31.8 Å². The van der Waals surface area contributed by atoms with Crippen LogP contribution < -0.4 is 10.6 Å². The van der Waals surface area contributed by atoms with E-state index in [1.807, 2.05) is 0 Å². The molecule has 2 aliphatic heterocycles. The molecule has 2 atom stereocenters. The van der Waals surface area contributed by atoms with Gasteiger partial charge in [-0.25, -0.2) is 0 Å². The maximum absolute atomic E-state index is 3.50. The maximum Gasteiger partial charge on any atom is 0.0221 e. The third-order valence-corrected chi connectivity index (χ3v) is 2.55. The first-order valence-electron chi connectivity index (χ1n) is 5.32. The van der Waals surface area contributed by atoms with E-state index in [9.17, 15) is 0 Å². The van der Waals surface area contributed by atoms with E-state index < -0.39 is 0 Å². The number of nitrogens with one attached hydrogen (secondary N) is 2. The van der Waals surface area contributed by atoms with Crippen LogP contribution in [0.2, 0.25) is 0 Å². The highest BCUT2D eigenvalue weighted by atomic mass is 15.0. The lowest BCUT2D eigenvalue weighted by Crippen LogP contribution is -2.43. The van der Waals surface area contributed by atoms with Gasteiger partial charge in [-0.15, -0.1) is 0 Å². The molecule has 2 heterocycles. The predicted octanol–water partition coefficient (Wildman–Crippen LogP) is 1.62. The van der Waals surface area contributed by atoms with Crippen LogP contribution in [0.5, 0.6) is 0 Å². The van der Waals surface area contributed by atoms with E-state index in [0.717, 1.165) is 12.0 Å². The zero-order chi connectivity index (χ0) is 8.81. The number of hydrogen-bond donors (Lipinski definition) is 2. The van der Waals surface area contributed by atoms with Crippen LogP contribution in [0.3, 0.4) is 0 Å². The summed E-state index contributed by atoms with van der Waals surface area (Å²) in [6.45, 7) is 7.94. The molecular weight excluding hydrogens is 148 g/mol. The van der Waals surface area contributed by atoms with Gasteiger partial charge in [0.2, 0.25) is 0 Å². The van der Waals surface area contributed by atoms with Crippen molar-refractivity contribution >= 4 is 0 Å². The molecule has 2 heteroatoms. The maximum atomic E-state index is 3.50. The normalized spacial score (nSPS) is 33.5. The molecule has 2 nitrogen and oxygen atoms in total. The highest BCUT2D eigenvalue weighted by Gasteiger charge is 2.28. The summed E-state index contributed by atoms with van der Waals surface area (Å²) in [5.41, 5.74) is 0. The van der Waals surface area contributed by atoms with Gasteiger partial charge in [0.05, 0.1) is 0 Å². The quantitative estimate of drug-likeness (QED) is 0.580. The van der Waals surface area contributed by atoms with Crippen molar-refractivity contribution in [2.75, 3.05) is 19.6 Å². The molecule has 2 saturated heterocycles. The molecular formula is C10H24N2. The Bertz CT molecular complexity index is 107. The average molecular weight is 172 g/mol. The van der Waals surface area contributed by atoms with Gasteiger partial charge in [0, 0.05) is 14.0 Å². The van der Waals surface area contributed by atoms with Crippen molar-refractivity contribution in [2.45, 2.75) is 39.2 Å². The summed E-state index contributed by atoms with van der Waals surface area (Å²) in [7, 11) is 0. The van der Waals surface area contributed by atoms with Crippen LogP contribution >= 0.6 is 0 Å². The molecule has 2 N–H and O–H groups in total. The first-order chi connectivity index (χ1) is 5.88. The van der Waals surface area contributed by atoms with E-state index in [1.54, 1.807) is 0 Å². The van der Waals surface area contributed by atoms with Gasteiger partial charge in [0.15, 0.2) is 0 Å². The second-order valence-electron chi connectivity index (χ2n) is 3.81. The van der Waals surface area contributed by atoms with E-state index in [-0.39, 0.29) is 1.43 Å². The second kappa shape index (κ2) is 5.55. The van der Waals surface area contributed by atoms with E-state index in [1.165, 1.54) is 38.9 Å². The van der Waals surface area contributed by atoms with Gasteiger partial charge in [-0.2, -0.15) is 0 Å². The molecule has 0 radical (unpaired) electrons. The lowest BCUT2D eigenvalue weighted by molar-refractivity contribution is 0.343. The molecule has 12 heavy (non-hydrogen) atoms. The highest BCUT2D eigenvalue weighted by Crippen LogP contribution is 2.20. The highest BCUT2D eigenvalue weighted by molar-refractivity contribution is 4.88. The molecule has 2 unspecified atom stereocenters. The van der Waals surface area contributed by atoms with Crippen LogP contribution in [0.15, 0.2) is 0 Å². The third-order valence-electron chi connectivity index (χ3n) is 2.55. The van der Waals surface area contributed by atoms with Crippen molar-refractivity contribution in [3.05, 3.63) is 0 Å². The van der Waals surface area contributed by atoms with Crippen LogP contribution in [0.4, 0.5) is 0 Å². The second-order valence-corrected chi connectivity index (χ2v) is 3.81. The number of piperidine rings is 1. The van der Waals surface area contributed by atoms with E-state index in [0.29, 0.717) is 0 Å². The van der Waals surface area contributed by atoms with Crippen LogP contribution in [-0.2, 0) is 0 Å². The van der Waals surface area contributed by atoms with Crippen molar-refractivity contribution in [2.24, 2.45) is 5.92 Å². The summed E-state index contributed by atoms with van der Waals surface area (Å²) >= 11 is 0. The first kappa shape index (κ1) is 10.0. The fraction of sp³-hybridized carbons (Fsp3) is 1.00. The van der Waals surface area contributed by atoms with Crippen molar-refractivity contribution in [3.63, 3.8) is 0 Å². The lowest BCUT2D eigenvalue weighted by Gasteiger charge is -2.25. The molecule has 0 spiro atoms. The van der Waals surface area contributed by atoms with Gasteiger partial charge < -0.3 is 10.6 Å². The molecule has 0 aliphatic carbocycles. The smallest absolute Gasteiger partial charge is 0.0221 e. The number of fused-ring (bicyclic) bond motifs is 1. The van der Waals surface area contributed by atoms with Crippen LogP contribution in [0.1, 0.15) is 34.5 Å². The Morgan fingerprint density at radius 3 is 2.58 bits per heavy atom. The molecule has 2 rings (SSSR count). The summed E-state index contributed by atoms with van der Waals surface area (Å²) in [5.74, 6) is 0.992. The molecule has 74 valence electrons. The van der Waals surface area contributed by atoms with Gasteiger partial charge in [0.25, 0.3) is 0 Å². The van der Waals surface area contributed by atoms with E-state index in [4.69, 9.17) is 0 Å². The minimum Gasteiger partial charge on any atom is -0.315 e. The topological polar surface area (TPSA) is 24.1 Å². The van der Waals surface area contributed by atoms with Crippen molar-refractivity contribution in [1.82, 2.24) is 10.6 Å². The lowest BCUT2D eigenvalue weighted by atomic mass is 9.94. The first-order valence-corrected chi connectivity index (χ1v) is 5.32. The molecule has 2 fully saturated rings. The SMILES string of the molecule is C1CC2CCNC2CN1.CCC.[HH]. The largest absolute Gasteiger partial charge is 0.315 e. The Balaban J connectivity index is 0.000000324. The van der Waals surface area contributed by atoms with Crippen molar-refractivity contribution < 1.29 is 1.43 Å². The summed E-state index contributed by atoms with van der Waals surface area (Å²) in [6, 6.07) is 0.804. The third kappa shape index (κ3) is 2.76. The van der Waals surface area contributed by atoms with E-state index >= 15 is 0 Å². The number of rotatable bonds is 0. The summed E-state index contributed by atoms with van der Waals surface area (Å²) in [6.07, 6.45) is 4.05. The fourth-order valence-corrected chi connectivity index (χ4v) is 1.95. The molecule has 0 bridgehead atoms. The van der Waals surface area contributed by atoms with Crippen molar-refractivity contribution in [1.29, 1.82) is 0 Å². The van der Waals surface area contributed by atoms with Crippen LogP contribution in [0, 0.1) is 5.92 Å². The Morgan fingerprint density at radius 1 is 1.25 bits per heavy atom. The zero-order valence-electron chi connectivity index (χ0n) is 8.40. The van der Waals surface area contributed by atoms with Gasteiger partial charge in [0.1, 0.15) is 0 Å².